The van der Waals surface area contributed by atoms with E-state index >= 15 is 0 Å². The Labute approximate surface area is 228 Å². The lowest BCUT2D eigenvalue weighted by atomic mass is 9.97. The van der Waals surface area contributed by atoms with E-state index in [-0.39, 0.29) is 24.3 Å². The summed E-state index contributed by atoms with van der Waals surface area (Å²) >= 11 is 0. The van der Waals surface area contributed by atoms with Crippen molar-refractivity contribution in [2.75, 3.05) is 0 Å². The molecule has 2 aromatic carbocycles. The van der Waals surface area contributed by atoms with Gasteiger partial charge in [-0.15, -0.1) is 0 Å². The zero-order valence-electron chi connectivity index (χ0n) is 24.4. The minimum atomic E-state index is -0.936. The van der Waals surface area contributed by atoms with Crippen LogP contribution in [-0.2, 0) is 27.2 Å². The van der Waals surface area contributed by atoms with Crippen LogP contribution in [0.4, 0.5) is 4.79 Å². The van der Waals surface area contributed by atoms with Crippen molar-refractivity contribution in [2.45, 2.75) is 104 Å². The molecule has 2 atom stereocenters. The lowest BCUT2D eigenvalue weighted by Gasteiger charge is -2.38. The molecule has 7 nitrogen and oxygen atoms in total. The average Bonchev–Trinajstić information content (AvgIpc) is 2.80. The van der Waals surface area contributed by atoms with Crippen LogP contribution in [0.25, 0.3) is 0 Å². The number of carbonyl (C=O) groups excluding carboxylic acids is 3. The number of nitrogens with one attached hydrogen (secondary N) is 2. The normalized spacial score (nSPS) is 13.4. The molecule has 0 radical (unpaired) electrons. The van der Waals surface area contributed by atoms with Crippen molar-refractivity contribution < 1.29 is 19.1 Å². The highest BCUT2D eigenvalue weighted by molar-refractivity contribution is 5.92. The minimum Gasteiger partial charge on any atom is -0.444 e. The van der Waals surface area contributed by atoms with Crippen LogP contribution in [-0.4, -0.2) is 46.0 Å². The summed E-state index contributed by atoms with van der Waals surface area (Å²) < 4.78 is 5.48. The first-order valence-electron chi connectivity index (χ1n) is 13.4. The van der Waals surface area contributed by atoms with Gasteiger partial charge < -0.3 is 20.3 Å². The minimum absolute atomic E-state index is 0.254. The van der Waals surface area contributed by atoms with Gasteiger partial charge >= 0.3 is 6.09 Å². The molecule has 0 saturated carbocycles. The van der Waals surface area contributed by atoms with Gasteiger partial charge in [-0.25, -0.2) is 4.79 Å². The summed E-state index contributed by atoms with van der Waals surface area (Å²) in [6.07, 6.45) is 0.439. The number of aryl methyl sites for hydroxylation is 1. The molecule has 0 bridgehead atoms. The van der Waals surface area contributed by atoms with Crippen molar-refractivity contribution in [1.82, 2.24) is 15.5 Å². The first kappa shape index (κ1) is 30.9. The zero-order valence-corrected chi connectivity index (χ0v) is 24.4. The third-order valence-corrected chi connectivity index (χ3v) is 5.81. The van der Waals surface area contributed by atoms with Crippen molar-refractivity contribution >= 4 is 17.9 Å². The Hall–Kier alpha value is -3.35. The van der Waals surface area contributed by atoms with Gasteiger partial charge in [-0.1, -0.05) is 61.5 Å². The molecule has 0 aromatic heterocycles. The Morgan fingerprint density at radius 2 is 1.45 bits per heavy atom. The monoisotopic (exact) mass is 523 g/mol. The van der Waals surface area contributed by atoms with E-state index in [1.54, 1.807) is 25.7 Å². The van der Waals surface area contributed by atoms with Crippen LogP contribution in [0.2, 0.25) is 0 Å². The lowest BCUT2D eigenvalue weighted by Crippen LogP contribution is -2.57. The number of carbonyl (C=O) groups is 3. The highest BCUT2D eigenvalue weighted by Crippen LogP contribution is 2.27. The molecule has 38 heavy (non-hydrogen) atoms. The van der Waals surface area contributed by atoms with E-state index < -0.39 is 29.3 Å². The van der Waals surface area contributed by atoms with Gasteiger partial charge in [0.1, 0.15) is 17.7 Å². The fraction of sp³-hybridized carbons (Fsp3) is 0.516. The molecule has 2 aromatic rings. The van der Waals surface area contributed by atoms with Crippen molar-refractivity contribution in [2.24, 2.45) is 0 Å². The van der Waals surface area contributed by atoms with Gasteiger partial charge in [0.25, 0.3) is 0 Å². The maximum absolute atomic E-state index is 14.3. The molecule has 3 amide bonds. The predicted octanol–water partition coefficient (Wildman–Crippen LogP) is 5.58. The molecule has 0 aliphatic heterocycles. The van der Waals surface area contributed by atoms with Crippen molar-refractivity contribution in [1.29, 1.82) is 0 Å². The highest BCUT2D eigenvalue weighted by atomic mass is 16.6. The number of benzene rings is 2. The van der Waals surface area contributed by atoms with Crippen LogP contribution in [0.3, 0.4) is 0 Å². The molecule has 0 aliphatic carbocycles. The summed E-state index contributed by atoms with van der Waals surface area (Å²) in [6.45, 7) is 16.9. The van der Waals surface area contributed by atoms with Gasteiger partial charge in [0.05, 0.1) is 0 Å². The summed E-state index contributed by atoms with van der Waals surface area (Å²) in [4.78, 5) is 42.4. The quantitative estimate of drug-likeness (QED) is 0.449. The highest BCUT2D eigenvalue weighted by Gasteiger charge is 2.38. The van der Waals surface area contributed by atoms with E-state index in [0.717, 1.165) is 17.5 Å². The summed E-state index contributed by atoms with van der Waals surface area (Å²) in [5.74, 6) is -0.636. The zero-order chi connectivity index (χ0) is 28.7. The van der Waals surface area contributed by atoms with E-state index in [1.165, 1.54) is 0 Å². The lowest BCUT2D eigenvalue weighted by molar-refractivity contribution is -0.145. The molecular formula is C31H45N3O4. The van der Waals surface area contributed by atoms with Gasteiger partial charge in [-0.3, -0.25) is 9.59 Å². The third kappa shape index (κ3) is 9.51. The van der Waals surface area contributed by atoms with E-state index in [0.29, 0.717) is 5.56 Å². The van der Waals surface area contributed by atoms with Gasteiger partial charge in [0.2, 0.25) is 11.8 Å². The fourth-order valence-electron chi connectivity index (χ4n) is 4.17. The number of hydrogen-bond donors (Lipinski definition) is 2. The second-order valence-electron chi connectivity index (χ2n) is 12.0. The number of ether oxygens (including phenoxy) is 1. The van der Waals surface area contributed by atoms with Crippen LogP contribution in [0.1, 0.15) is 85.0 Å². The molecule has 0 heterocycles. The summed E-state index contributed by atoms with van der Waals surface area (Å²) in [5.41, 5.74) is 1.51. The molecule has 2 rings (SSSR count). The predicted molar refractivity (Wildman–Crippen MR) is 152 cm³/mol. The van der Waals surface area contributed by atoms with E-state index in [9.17, 15) is 14.4 Å². The molecule has 2 unspecified atom stereocenters. The largest absolute Gasteiger partial charge is 0.444 e. The molecule has 0 spiro atoms. The molecular weight excluding hydrogens is 478 g/mol. The summed E-state index contributed by atoms with van der Waals surface area (Å²) in [6, 6.07) is 15.1. The van der Waals surface area contributed by atoms with E-state index in [4.69, 9.17) is 4.74 Å². The summed E-state index contributed by atoms with van der Waals surface area (Å²) in [5, 5.41) is 5.84. The Kier molecular flexibility index (Phi) is 10.5. The van der Waals surface area contributed by atoms with E-state index in [2.05, 4.69) is 17.6 Å². The molecule has 7 heteroatoms. The smallest absolute Gasteiger partial charge is 0.408 e. The van der Waals surface area contributed by atoms with Crippen LogP contribution < -0.4 is 10.6 Å². The van der Waals surface area contributed by atoms with Gasteiger partial charge in [-0.05, 0) is 78.5 Å². The third-order valence-electron chi connectivity index (χ3n) is 5.81. The number of amides is 3. The number of nitrogens with zero attached hydrogens (tertiary/aromatic N) is 1. The van der Waals surface area contributed by atoms with Crippen LogP contribution in [0.15, 0.2) is 54.6 Å². The molecule has 208 valence electrons. The number of alkyl carbamates (subject to hydrolysis) is 1. The maximum Gasteiger partial charge on any atom is 0.408 e. The van der Waals surface area contributed by atoms with Crippen molar-refractivity contribution in [3.05, 3.63) is 71.3 Å². The molecule has 0 fully saturated rings. The molecule has 0 saturated heterocycles. The Morgan fingerprint density at radius 1 is 0.868 bits per heavy atom. The first-order valence-corrected chi connectivity index (χ1v) is 13.4. The first-order chi connectivity index (χ1) is 17.6. The second-order valence-corrected chi connectivity index (χ2v) is 12.0. The Morgan fingerprint density at radius 3 is 1.92 bits per heavy atom. The van der Waals surface area contributed by atoms with Gasteiger partial charge in [0.15, 0.2) is 0 Å². The number of rotatable bonds is 9. The summed E-state index contributed by atoms with van der Waals surface area (Å²) in [7, 11) is 0. The molecule has 2 N–H and O–H groups in total. The van der Waals surface area contributed by atoms with Crippen LogP contribution in [0.5, 0.6) is 0 Å². The molecule has 0 aliphatic rings. The topological polar surface area (TPSA) is 87.7 Å². The van der Waals surface area contributed by atoms with Crippen molar-refractivity contribution in [3.63, 3.8) is 0 Å². The number of hydrogen-bond acceptors (Lipinski definition) is 4. The van der Waals surface area contributed by atoms with Crippen LogP contribution >= 0.6 is 0 Å². The Bertz CT molecular complexity index is 1070. The van der Waals surface area contributed by atoms with E-state index in [1.807, 2.05) is 89.2 Å². The SMILES string of the molecule is CCc1ccc(C(C(=O)NC(C)(C)C)N(C(=O)C(Cc2ccccc2)NC(=O)OC(C)(C)C)C(C)C)cc1. The fourth-order valence-corrected chi connectivity index (χ4v) is 4.17. The maximum atomic E-state index is 14.3. The van der Waals surface area contributed by atoms with Gasteiger partial charge in [-0.2, -0.15) is 0 Å². The van der Waals surface area contributed by atoms with Crippen LogP contribution in [0, 0.1) is 0 Å². The Balaban J connectivity index is 2.55. The standard InChI is InChI=1S/C31H45N3O4/c1-10-22-16-18-24(19-17-22)26(27(35)33-30(4,5)6)34(21(2)3)28(36)25(20-23-14-12-11-13-15-23)32-29(37)38-31(7,8)9/h11-19,21,25-26H,10,20H2,1-9H3,(H,32,37)(H,33,35). The van der Waals surface area contributed by atoms with Crippen molar-refractivity contribution in [3.8, 4) is 0 Å². The second kappa shape index (κ2) is 12.9. The van der Waals surface area contributed by atoms with Gasteiger partial charge in [0, 0.05) is 18.0 Å². The average molecular weight is 524 g/mol.